The number of amides is 1. The number of anilines is 1. The van der Waals surface area contributed by atoms with Crippen LogP contribution in [-0.2, 0) is 11.3 Å². The molecule has 0 fully saturated rings. The molecule has 0 spiro atoms. The largest absolute Gasteiger partial charge is 0.384 e. The molecule has 0 aliphatic heterocycles. The normalized spacial score (nSPS) is 10.2. The number of halogens is 1. The Labute approximate surface area is 120 Å². The first-order chi connectivity index (χ1) is 9.65. The number of carbonyl (C=O) groups excluding carboxylic acids is 1. The summed E-state index contributed by atoms with van der Waals surface area (Å²) in [7, 11) is 0. The number of benzene rings is 1. The van der Waals surface area contributed by atoms with Crippen molar-refractivity contribution in [3.63, 3.8) is 0 Å². The number of aromatic nitrogens is 1. The van der Waals surface area contributed by atoms with Crippen LogP contribution in [0.3, 0.4) is 0 Å². The molecule has 3 N–H and O–H groups in total. The summed E-state index contributed by atoms with van der Waals surface area (Å²) in [5, 5.41) is 2.68. The van der Waals surface area contributed by atoms with Gasteiger partial charge in [0.25, 0.3) is 0 Å². The van der Waals surface area contributed by atoms with Crippen molar-refractivity contribution in [1.82, 2.24) is 10.3 Å². The second-order valence-electron chi connectivity index (χ2n) is 4.08. The van der Waals surface area contributed by atoms with E-state index in [1.54, 1.807) is 36.5 Å². The van der Waals surface area contributed by atoms with Crippen LogP contribution >= 0.6 is 11.8 Å². The summed E-state index contributed by atoms with van der Waals surface area (Å²) >= 11 is 1.35. The zero-order chi connectivity index (χ0) is 14.4. The van der Waals surface area contributed by atoms with Crippen LogP contribution in [0.15, 0.2) is 47.5 Å². The summed E-state index contributed by atoms with van der Waals surface area (Å²) in [6, 6.07) is 9.85. The zero-order valence-electron chi connectivity index (χ0n) is 10.7. The molecule has 0 unspecified atom stereocenters. The number of nitrogen functional groups attached to an aromatic ring is 1. The van der Waals surface area contributed by atoms with Crippen LogP contribution in [-0.4, -0.2) is 16.6 Å². The lowest BCUT2D eigenvalue weighted by molar-refractivity contribution is -0.118. The third-order valence-electron chi connectivity index (χ3n) is 2.56. The fourth-order valence-electron chi connectivity index (χ4n) is 1.51. The summed E-state index contributed by atoms with van der Waals surface area (Å²) in [5.74, 6) is 0.219. The van der Waals surface area contributed by atoms with Crippen molar-refractivity contribution in [2.45, 2.75) is 11.4 Å². The first kappa shape index (κ1) is 14.3. The van der Waals surface area contributed by atoms with E-state index in [4.69, 9.17) is 5.73 Å². The number of carbonyl (C=O) groups is 1. The lowest BCUT2D eigenvalue weighted by Crippen LogP contribution is -2.25. The molecule has 104 valence electrons. The van der Waals surface area contributed by atoms with Crippen molar-refractivity contribution in [2.75, 3.05) is 11.5 Å². The highest BCUT2D eigenvalue weighted by atomic mass is 32.2. The number of nitrogens with one attached hydrogen (secondary N) is 1. The molecule has 0 atom stereocenters. The van der Waals surface area contributed by atoms with Crippen molar-refractivity contribution >= 4 is 23.5 Å². The van der Waals surface area contributed by atoms with E-state index in [1.807, 2.05) is 0 Å². The predicted octanol–water partition coefficient (Wildman–Crippen LogP) is 2.21. The van der Waals surface area contributed by atoms with Crippen molar-refractivity contribution < 1.29 is 9.18 Å². The van der Waals surface area contributed by atoms with Crippen LogP contribution in [0.1, 0.15) is 5.56 Å². The second kappa shape index (κ2) is 6.91. The van der Waals surface area contributed by atoms with Gasteiger partial charge >= 0.3 is 0 Å². The maximum atomic E-state index is 13.4. The third-order valence-corrected chi connectivity index (χ3v) is 3.54. The Morgan fingerprint density at radius 3 is 2.80 bits per heavy atom. The molecule has 0 radical (unpaired) electrons. The minimum atomic E-state index is -0.316. The Morgan fingerprint density at radius 2 is 2.10 bits per heavy atom. The van der Waals surface area contributed by atoms with Gasteiger partial charge in [-0.15, -0.1) is 11.8 Å². The molecule has 0 aliphatic carbocycles. The molecule has 0 bridgehead atoms. The summed E-state index contributed by atoms with van der Waals surface area (Å²) in [5.41, 5.74) is 5.95. The van der Waals surface area contributed by atoms with Crippen LogP contribution in [0.25, 0.3) is 0 Å². The van der Waals surface area contributed by atoms with Crippen molar-refractivity contribution in [3.8, 4) is 0 Å². The van der Waals surface area contributed by atoms with Crippen LogP contribution in [0.2, 0.25) is 0 Å². The third kappa shape index (κ3) is 4.24. The molecule has 1 heterocycles. The molecule has 0 aliphatic rings. The Balaban J connectivity index is 1.78. The average Bonchev–Trinajstić information content (AvgIpc) is 2.46. The molecule has 2 aromatic rings. The van der Waals surface area contributed by atoms with Gasteiger partial charge in [0, 0.05) is 23.2 Å². The highest BCUT2D eigenvalue weighted by Crippen LogP contribution is 2.17. The molecular formula is C14H14FN3OS. The van der Waals surface area contributed by atoms with Crippen LogP contribution in [0.4, 0.5) is 10.2 Å². The smallest absolute Gasteiger partial charge is 0.230 e. The van der Waals surface area contributed by atoms with E-state index >= 15 is 0 Å². The first-order valence-electron chi connectivity index (χ1n) is 5.99. The summed E-state index contributed by atoms with van der Waals surface area (Å²) in [4.78, 5) is 16.5. The van der Waals surface area contributed by atoms with Gasteiger partial charge in [0.05, 0.1) is 5.75 Å². The molecule has 0 saturated carbocycles. The van der Waals surface area contributed by atoms with Crippen molar-refractivity contribution in [2.24, 2.45) is 0 Å². The lowest BCUT2D eigenvalue weighted by atomic mass is 10.2. The molecule has 4 nitrogen and oxygen atoms in total. The Morgan fingerprint density at radius 1 is 1.30 bits per heavy atom. The first-order valence-corrected chi connectivity index (χ1v) is 6.98. The molecule has 6 heteroatoms. The van der Waals surface area contributed by atoms with Crippen molar-refractivity contribution in [1.29, 1.82) is 0 Å². The highest BCUT2D eigenvalue weighted by molar-refractivity contribution is 8.00. The number of rotatable bonds is 5. The van der Waals surface area contributed by atoms with Gasteiger partial charge in [-0.3, -0.25) is 4.79 Å². The minimum Gasteiger partial charge on any atom is -0.384 e. The maximum Gasteiger partial charge on any atom is 0.230 e. The molecular weight excluding hydrogens is 277 g/mol. The summed E-state index contributed by atoms with van der Waals surface area (Å²) in [6.45, 7) is 0.187. The fraction of sp³-hybridized carbons (Fsp3) is 0.143. The quantitative estimate of drug-likeness (QED) is 0.829. The standard InChI is InChI=1S/C14H14FN3OS/c15-12-4-2-1-3-10(12)7-18-14(19)9-20-11-5-6-13(16)17-8-11/h1-6,8H,7,9H2,(H2,16,17)(H,18,19). The summed E-state index contributed by atoms with van der Waals surface area (Å²) in [6.07, 6.45) is 1.62. The number of pyridine rings is 1. The average molecular weight is 291 g/mol. The molecule has 1 amide bonds. The maximum absolute atomic E-state index is 13.4. The summed E-state index contributed by atoms with van der Waals surface area (Å²) < 4.78 is 13.4. The fourth-order valence-corrected chi connectivity index (χ4v) is 2.20. The number of nitrogens with zero attached hydrogens (tertiary/aromatic N) is 1. The minimum absolute atomic E-state index is 0.157. The van der Waals surface area contributed by atoms with Crippen LogP contribution in [0, 0.1) is 5.82 Å². The molecule has 2 rings (SSSR count). The Kier molecular flexibility index (Phi) is 4.95. The van der Waals surface area contributed by atoms with E-state index in [9.17, 15) is 9.18 Å². The molecule has 1 aromatic heterocycles. The van der Waals surface area contributed by atoms with Gasteiger partial charge < -0.3 is 11.1 Å². The van der Waals surface area contributed by atoms with Gasteiger partial charge in [0.2, 0.25) is 5.91 Å². The zero-order valence-corrected chi connectivity index (χ0v) is 11.5. The van der Waals surface area contributed by atoms with Crippen molar-refractivity contribution in [3.05, 3.63) is 54.0 Å². The van der Waals surface area contributed by atoms with Gasteiger partial charge in [-0.2, -0.15) is 0 Å². The van der Waals surface area contributed by atoms with E-state index in [2.05, 4.69) is 10.3 Å². The van der Waals surface area contributed by atoms with E-state index in [1.165, 1.54) is 17.8 Å². The second-order valence-corrected chi connectivity index (χ2v) is 5.12. The molecule has 20 heavy (non-hydrogen) atoms. The SMILES string of the molecule is Nc1ccc(SCC(=O)NCc2ccccc2F)cn1. The van der Waals surface area contributed by atoms with Gasteiger partial charge in [-0.25, -0.2) is 9.37 Å². The van der Waals surface area contributed by atoms with Gasteiger partial charge in [0.1, 0.15) is 11.6 Å². The van der Waals surface area contributed by atoms with Gasteiger partial charge in [0.15, 0.2) is 0 Å². The van der Waals surface area contributed by atoms with Gasteiger partial charge in [-0.1, -0.05) is 18.2 Å². The number of nitrogens with two attached hydrogens (primary N) is 1. The van der Waals surface area contributed by atoms with E-state index in [0.29, 0.717) is 11.4 Å². The van der Waals surface area contributed by atoms with E-state index < -0.39 is 0 Å². The lowest BCUT2D eigenvalue weighted by Gasteiger charge is -2.06. The van der Waals surface area contributed by atoms with E-state index in [-0.39, 0.29) is 24.0 Å². The van der Waals surface area contributed by atoms with Gasteiger partial charge in [-0.05, 0) is 18.2 Å². The monoisotopic (exact) mass is 291 g/mol. The Bertz CT molecular complexity index is 589. The topological polar surface area (TPSA) is 68.0 Å². The van der Waals surface area contributed by atoms with Crippen LogP contribution < -0.4 is 11.1 Å². The number of hydrogen-bond acceptors (Lipinski definition) is 4. The predicted molar refractivity (Wildman–Crippen MR) is 77.6 cm³/mol. The Hall–Kier alpha value is -2.08. The van der Waals surface area contributed by atoms with E-state index in [0.717, 1.165) is 4.90 Å². The highest BCUT2D eigenvalue weighted by Gasteiger charge is 2.05. The number of hydrogen-bond donors (Lipinski definition) is 2. The van der Waals surface area contributed by atoms with Crippen LogP contribution in [0.5, 0.6) is 0 Å². The molecule has 1 aromatic carbocycles. The molecule has 0 saturated heterocycles. The number of thioether (sulfide) groups is 1.